The van der Waals surface area contributed by atoms with Crippen LogP contribution in [-0.4, -0.2) is 0 Å². The number of hydrogen-bond donors (Lipinski definition) is 0. The van der Waals surface area contributed by atoms with Gasteiger partial charge >= 0.3 is 0 Å². The maximum atomic E-state index is 2.27. The molecule has 1 aliphatic rings. The lowest BCUT2D eigenvalue weighted by Crippen LogP contribution is -1.72. The van der Waals surface area contributed by atoms with Gasteiger partial charge in [0.2, 0.25) is 0 Å². The van der Waals surface area contributed by atoms with E-state index in [-0.39, 0.29) is 0 Å². The quantitative estimate of drug-likeness (QED) is 0.418. The van der Waals surface area contributed by atoms with Crippen molar-refractivity contribution in [1.29, 1.82) is 0 Å². The molecule has 44 valence electrons. The van der Waals surface area contributed by atoms with E-state index >= 15 is 0 Å². The average Bonchev–Trinajstić information content (AvgIpc) is 1.62. The third-order valence-electron chi connectivity index (χ3n) is 1.35. The molecule has 0 saturated heterocycles. The van der Waals surface area contributed by atoms with E-state index in [1.165, 1.54) is 19.3 Å². The normalized spacial score (nSPS) is 28.0. The first-order valence-corrected chi connectivity index (χ1v) is 3.30. The molecule has 0 amide bonds. The molecule has 0 nitrogen and oxygen atoms in total. The van der Waals surface area contributed by atoms with Crippen LogP contribution < -0.4 is 0 Å². The zero-order valence-electron chi connectivity index (χ0n) is 5.14. The molecule has 0 saturated carbocycles. The summed E-state index contributed by atoms with van der Waals surface area (Å²) in [7, 11) is 0. The van der Waals surface area contributed by atoms with Crippen molar-refractivity contribution in [2.75, 3.05) is 0 Å². The van der Waals surface area contributed by atoms with Crippen molar-refractivity contribution in [2.45, 2.75) is 25.7 Å². The molecular weight excluding hydrogens is 96.1 g/mol. The van der Waals surface area contributed by atoms with Crippen LogP contribution in [0, 0.1) is 0 Å². The van der Waals surface area contributed by atoms with Gasteiger partial charge in [-0.25, -0.2) is 0 Å². The van der Waals surface area contributed by atoms with Crippen LogP contribution in [0.2, 0.25) is 0 Å². The largest absolute Gasteiger partial charge is 0.0882 e. The van der Waals surface area contributed by atoms with Gasteiger partial charge in [0.05, 0.1) is 0 Å². The molecule has 0 unspecified atom stereocenters. The Labute approximate surface area is 50.9 Å². The highest BCUT2D eigenvalue weighted by Gasteiger charge is 1.82. The van der Waals surface area contributed by atoms with E-state index in [9.17, 15) is 0 Å². The molecule has 0 fully saturated rings. The third-order valence-corrected chi connectivity index (χ3v) is 1.35. The lowest BCUT2D eigenvalue weighted by molar-refractivity contribution is 0.857. The van der Waals surface area contributed by atoms with Crippen molar-refractivity contribution < 1.29 is 0 Å². The fraction of sp³-hybridized carbons (Fsp3) is 0.500. The topological polar surface area (TPSA) is 0 Å². The highest BCUT2D eigenvalue weighted by molar-refractivity contribution is 4.95. The summed E-state index contributed by atoms with van der Waals surface area (Å²) in [6.07, 6.45) is 14.0. The van der Waals surface area contributed by atoms with Crippen LogP contribution in [0.1, 0.15) is 25.7 Å². The van der Waals surface area contributed by atoms with Crippen LogP contribution in [-0.2, 0) is 0 Å². The first-order chi connectivity index (χ1) is 4.00. The molecule has 0 bridgehead atoms. The van der Waals surface area contributed by atoms with E-state index < -0.39 is 0 Å². The number of hydrogen-bond acceptors (Lipinski definition) is 0. The molecule has 0 heterocycles. The zero-order chi connectivity index (χ0) is 5.66. The molecule has 0 aromatic rings. The molecule has 0 aromatic carbocycles. The van der Waals surface area contributed by atoms with Gasteiger partial charge in [-0.05, 0) is 25.7 Å². The van der Waals surface area contributed by atoms with Crippen LogP contribution in [0.3, 0.4) is 0 Å². The van der Waals surface area contributed by atoms with Gasteiger partial charge in [-0.15, -0.1) is 0 Å². The van der Waals surface area contributed by atoms with E-state index in [4.69, 9.17) is 0 Å². The second kappa shape index (κ2) is 3.48. The summed E-state index contributed by atoms with van der Waals surface area (Å²) in [6, 6.07) is 0. The Morgan fingerprint density at radius 3 is 2.00 bits per heavy atom. The van der Waals surface area contributed by atoms with E-state index in [0.29, 0.717) is 0 Å². The summed E-state index contributed by atoms with van der Waals surface area (Å²) in [5.41, 5.74) is 0. The van der Waals surface area contributed by atoms with Crippen LogP contribution in [0.4, 0.5) is 0 Å². The van der Waals surface area contributed by atoms with E-state index in [1.807, 2.05) is 0 Å². The molecule has 1 aliphatic carbocycles. The fourth-order valence-electron chi connectivity index (χ4n) is 0.860. The van der Waals surface area contributed by atoms with E-state index in [1.54, 1.807) is 0 Å². The number of rotatable bonds is 0. The van der Waals surface area contributed by atoms with Gasteiger partial charge in [-0.2, -0.15) is 0 Å². The summed E-state index contributed by atoms with van der Waals surface area (Å²) in [6.45, 7) is 0. The number of allylic oxidation sites excluding steroid dienone is 4. The second-order valence-corrected chi connectivity index (χ2v) is 2.11. The minimum atomic E-state index is 1.14. The van der Waals surface area contributed by atoms with Gasteiger partial charge in [0.15, 0.2) is 0 Å². The Morgan fingerprint density at radius 1 is 0.750 bits per heavy atom. The van der Waals surface area contributed by atoms with Crippen molar-refractivity contribution in [3.05, 3.63) is 24.3 Å². The first-order valence-electron chi connectivity index (χ1n) is 3.30. The van der Waals surface area contributed by atoms with Gasteiger partial charge in [0, 0.05) is 0 Å². The van der Waals surface area contributed by atoms with Crippen LogP contribution in [0.5, 0.6) is 0 Å². The minimum absolute atomic E-state index is 1.14. The first kappa shape index (κ1) is 5.61. The minimum Gasteiger partial charge on any atom is -0.0882 e. The van der Waals surface area contributed by atoms with E-state index in [0.717, 1.165) is 6.42 Å². The summed E-state index contributed by atoms with van der Waals surface area (Å²) in [4.78, 5) is 0. The van der Waals surface area contributed by atoms with Crippen molar-refractivity contribution in [1.82, 2.24) is 0 Å². The average molecular weight is 108 g/mol. The molecule has 8 heavy (non-hydrogen) atoms. The maximum absolute atomic E-state index is 2.27. The van der Waals surface area contributed by atoms with Crippen molar-refractivity contribution >= 4 is 0 Å². The summed E-state index contributed by atoms with van der Waals surface area (Å²) in [5, 5.41) is 0. The Kier molecular flexibility index (Phi) is 2.44. The molecule has 0 heteroatoms. The highest BCUT2D eigenvalue weighted by Crippen LogP contribution is 2.02. The van der Waals surface area contributed by atoms with Gasteiger partial charge in [0.25, 0.3) is 0 Å². The van der Waals surface area contributed by atoms with E-state index in [2.05, 4.69) is 24.3 Å². The van der Waals surface area contributed by atoms with Crippen LogP contribution in [0.15, 0.2) is 24.3 Å². The van der Waals surface area contributed by atoms with Crippen molar-refractivity contribution in [3.63, 3.8) is 0 Å². The lowest BCUT2D eigenvalue weighted by Gasteiger charge is -1.93. The van der Waals surface area contributed by atoms with Crippen molar-refractivity contribution in [3.8, 4) is 0 Å². The predicted octanol–water partition coefficient (Wildman–Crippen LogP) is 2.67. The lowest BCUT2D eigenvalue weighted by atomic mass is 10.1. The Morgan fingerprint density at radius 2 is 1.38 bits per heavy atom. The summed E-state index contributed by atoms with van der Waals surface area (Å²) < 4.78 is 0. The second-order valence-electron chi connectivity index (χ2n) is 2.11. The molecule has 1 rings (SSSR count). The van der Waals surface area contributed by atoms with Gasteiger partial charge in [-0.1, -0.05) is 24.3 Å². The monoisotopic (exact) mass is 108 g/mol. The third kappa shape index (κ3) is 1.97. The fourth-order valence-corrected chi connectivity index (χ4v) is 0.860. The van der Waals surface area contributed by atoms with Gasteiger partial charge in [-0.3, -0.25) is 0 Å². The summed E-state index contributed by atoms with van der Waals surface area (Å²) in [5.74, 6) is 0. The Hall–Kier alpha value is -0.520. The molecular formula is C8H12. The Balaban J connectivity index is 2.31. The van der Waals surface area contributed by atoms with Gasteiger partial charge in [0.1, 0.15) is 0 Å². The standard InChI is InChI=1S/C8H12/c1-2-4-6-8-7-5-3-1/h1-2,5,7H,3-4,6,8H2/b2-1-,7-5-. The Bertz CT molecular complexity index is 86.6. The van der Waals surface area contributed by atoms with Crippen LogP contribution in [0.25, 0.3) is 0 Å². The molecule has 0 atom stereocenters. The molecule has 0 radical (unpaired) electrons. The highest BCUT2D eigenvalue weighted by atomic mass is 13.9. The maximum Gasteiger partial charge on any atom is -0.0169 e. The zero-order valence-corrected chi connectivity index (χ0v) is 5.14. The van der Waals surface area contributed by atoms with Gasteiger partial charge < -0.3 is 0 Å². The molecule has 0 aliphatic heterocycles. The smallest absolute Gasteiger partial charge is 0.0169 e. The summed E-state index contributed by atoms with van der Waals surface area (Å²) >= 11 is 0. The van der Waals surface area contributed by atoms with Crippen molar-refractivity contribution in [2.24, 2.45) is 0 Å². The predicted molar refractivity (Wildman–Crippen MR) is 36.7 cm³/mol. The molecule has 0 aromatic heterocycles. The molecule has 0 spiro atoms. The molecule has 0 N–H and O–H groups in total. The van der Waals surface area contributed by atoms with Crippen LogP contribution >= 0.6 is 0 Å². The SMILES string of the molecule is C1=C\CCC/C=C\C/1.